The molecule has 1 aliphatic heterocycles. The van der Waals surface area contributed by atoms with Crippen LogP contribution in [0.15, 0.2) is 42.5 Å². The van der Waals surface area contributed by atoms with Crippen LogP contribution in [0.1, 0.15) is 40.2 Å². The lowest BCUT2D eigenvalue weighted by Gasteiger charge is -2.17. The van der Waals surface area contributed by atoms with E-state index in [-0.39, 0.29) is 12.6 Å². The number of ether oxygens (including phenoxy) is 2. The second-order valence-electron chi connectivity index (χ2n) is 7.44. The SMILES string of the molecule is O=C1CCCc2nc(Cc3ccc4c(c3)OCO4)c3[nH]c4ccccc4c3c21. The van der Waals surface area contributed by atoms with Crippen LogP contribution in [0.25, 0.3) is 21.8 Å². The zero-order valence-electron chi connectivity index (χ0n) is 15.2. The summed E-state index contributed by atoms with van der Waals surface area (Å²) in [6, 6.07) is 14.2. The lowest BCUT2D eigenvalue weighted by Crippen LogP contribution is -2.14. The van der Waals surface area contributed by atoms with E-state index >= 15 is 0 Å². The molecule has 4 aromatic rings. The normalized spacial score (nSPS) is 15.4. The van der Waals surface area contributed by atoms with Crippen LogP contribution < -0.4 is 9.47 Å². The van der Waals surface area contributed by atoms with Gasteiger partial charge in [0.15, 0.2) is 17.3 Å². The molecule has 6 rings (SSSR count). The first-order valence-corrected chi connectivity index (χ1v) is 9.62. The van der Waals surface area contributed by atoms with Gasteiger partial charge in [-0.15, -0.1) is 0 Å². The van der Waals surface area contributed by atoms with Crippen LogP contribution in [0, 0.1) is 0 Å². The van der Waals surface area contributed by atoms with Crippen molar-refractivity contribution in [2.45, 2.75) is 25.7 Å². The van der Waals surface area contributed by atoms with Gasteiger partial charge in [0, 0.05) is 34.7 Å². The maximum Gasteiger partial charge on any atom is 0.231 e. The number of aromatic amines is 1. The number of rotatable bonds is 2. The number of aromatic nitrogens is 2. The molecular weight excluding hydrogens is 352 g/mol. The molecule has 1 N–H and O–H groups in total. The summed E-state index contributed by atoms with van der Waals surface area (Å²) in [6.07, 6.45) is 2.99. The van der Waals surface area contributed by atoms with Gasteiger partial charge in [0.1, 0.15) is 0 Å². The number of hydrogen-bond donors (Lipinski definition) is 1. The molecular formula is C23H18N2O3. The van der Waals surface area contributed by atoms with Gasteiger partial charge in [-0.2, -0.15) is 0 Å². The molecule has 2 aliphatic rings. The maximum atomic E-state index is 12.8. The van der Waals surface area contributed by atoms with Crippen molar-refractivity contribution in [1.82, 2.24) is 9.97 Å². The highest BCUT2D eigenvalue weighted by Crippen LogP contribution is 2.37. The predicted octanol–water partition coefficient (Wildman–Crippen LogP) is 4.55. The third-order valence-corrected chi connectivity index (χ3v) is 5.71. The van der Waals surface area contributed by atoms with Crippen molar-refractivity contribution in [3.8, 4) is 11.5 Å². The number of carbonyl (C=O) groups is 1. The number of H-pyrrole nitrogens is 1. The van der Waals surface area contributed by atoms with E-state index in [0.717, 1.165) is 68.7 Å². The molecule has 1 aliphatic carbocycles. The van der Waals surface area contributed by atoms with Gasteiger partial charge in [-0.25, -0.2) is 0 Å². The Morgan fingerprint density at radius 2 is 1.93 bits per heavy atom. The summed E-state index contributed by atoms with van der Waals surface area (Å²) in [7, 11) is 0. The fourth-order valence-corrected chi connectivity index (χ4v) is 4.43. The summed E-state index contributed by atoms with van der Waals surface area (Å²) in [6.45, 7) is 0.268. The monoisotopic (exact) mass is 370 g/mol. The Morgan fingerprint density at radius 1 is 1.04 bits per heavy atom. The molecule has 0 bridgehead atoms. The lowest BCUT2D eigenvalue weighted by molar-refractivity contribution is 0.0973. The van der Waals surface area contributed by atoms with Crippen LogP contribution in [-0.4, -0.2) is 22.5 Å². The van der Waals surface area contributed by atoms with E-state index in [2.05, 4.69) is 17.1 Å². The molecule has 5 nitrogen and oxygen atoms in total. The Bertz CT molecular complexity index is 1270. The molecule has 3 heterocycles. The second kappa shape index (κ2) is 5.83. The smallest absolute Gasteiger partial charge is 0.231 e. The number of aryl methyl sites for hydroxylation is 1. The fraction of sp³-hybridized carbons (Fsp3) is 0.217. The molecule has 28 heavy (non-hydrogen) atoms. The van der Waals surface area contributed by atoms with E-state index in [9.17, 15) is 4.79 Å². The summed E-state index contributed by atoms with van der Waals surface area (Å²) in [4.78, 5) is 21.2. The Balaban J connectivity index is 1.58. The van der Waals surface area contributed by atoms with Gasteiger partial charge < -0.3 is 14.5 Å². The van der Waals surface area contributed by atoms with Gasteiger partial charge in [0.2, 0.25) is 6.79 Å². The van der Waals surface area contributed by atoms with Gasteiger partial charge >= 0.3 is 0 Å². The minimum atomic E-state index is 0.207. The number of pyridine rings is 1. The molecule has 2 aromatic heterocycles. The molecule has 2 aromatic carbocycles. The number of hydrogen-bond acceptors (Lipinski definition) is 4. The number of para-hydroxylation sites is 1. The standard InChI is InChI=1S/C23H18N2O3/c26-18-7-3-6-16-22(18)21-14-4-1-2-5-15(14)25-23(21)17(24-16)10-13-8-9-19-20(11-13)28-12-27-19/h1-2,4-5,8-9,11,25H,3,6-7,10,12H2. The van der Waals surface area contributed by atoms with Crippen LogP contribution in [0.3, 0.4) is 0 Å². The van der Waals surface area contributed by atoms with Crippen molar-refractivity contribution in [3.63, 3.8) is 0 Å². The zero-order chi connectivity index (χ0) is 18.7. The number of ketones is 1. The van der Waals surface area contributed by atoms with Crippen molar-refractivity contribution < 1.29 is 14.3 Å². The minimum absolute atomic E-state index is 0.207. The van der Waals surface area contributed by atoms with Crippen molar-refractivity contribution >= 4 is 27.6 Å². The van der Waals surface area contributed by atoms with E-state index in [0.29, 0.717) is 12.8 Å². The van der Waals surface area contributed by atoms with E-state index in [1.165, 1.54) is 0 Å². The number of benzene rings is 2. The van der Waals surface area contributed by atoms with Gasteiger partial charge in [-0.05, 0) is 36.6 Å². The summed E-state index contributed by atoms with van der Waals surface area (Å²) >= 11 is 0. The van der Waals surface area contributed by atoms with Crippen molar-refractivity contribution in [3.05, 3.63) is 65.0 Å². The van der Waals surface area contributed by atoms with Crippen molar-refractivity contribution in [1.29, 1.82) is 0 Å². The Kier molecular flexibility index (Phi) is 3.27. The summed E-state index contributed by atoms with van der Waals surface area (Å²) < 4.78 is 10.9. The van der Waals surface area contributed by atoms with Gasteiger partial charge in [0.05, 0.1) is 16.9 Å². The molecule has 0 saturated carbocycles. The summed E-state index contributed by atoms with van der Waals surface area (Å²) in [5, 5.41) is 2.12. The highest BCUT2D eigenvalue weighted by molar-refractivity contribution is 6.19. The summed E-state index contributed by atoms with van der Waals surface area (Å²) in [5.41, 5.74) is 5.83. The number of Topliss-reactive ketones (excluding diaryl/α,β-unsaturated/α-hetero) is 1. The predicted molar refractivity (Wildman–Crippen MR) is 106 cm³/mol. The second-order valence-corrected chi connectivity index (χ2v) is 7.44. The fourth-order valence-electron chi connectivity index (χ4n) is 4.43. The number of nitrogens with zero attached hydrogens (tertiary/aromatic N) is 1. The number of nitrogens with one attached hydrogen (secondary N) is 1. The highest BCUT2D eigenvalue weighted by Gasteiger charge is 2.26. The van der Waals surface area contributed by atoms with E-state index in [1.807, 2.05) is 30.3 Å². The van der Waals surface area contributed by atoms with Crippen molar-refractivity contribution in [2.24, 2.45) is 0 Å². The molecule has 0 saturated heterocycles. The average Bonchev–Trinajstić information content (AvgIpc) is 3.32. The molecule has 0 amide bonds. The van der Waals surface area contributed by atoms with Crippen LogP contribution in [0.4, 0.5) is 0 Å². The van der Waals surface area contributed by atoms with Gasteiger partial charge in [-0.3, -0.25) is 9.78 Å². The van der Waals surface area contributed by atoms with Crippen LogP contribution in [0.2, 0.25) is 0 Å². The topological polar surface area (TPSA) is 64.2 Å². The van der Waals surface area contributed by atoms with Crippen LogP contribution in [0.5, 0.6) is 11.5 Å². The quantitative estimate of drug-likeness (QED) is 0.562. The minimum Gasteiger partial charge on any atom is -0.454 e. The van der Waals surface area contributed by atoms with E-state index < -0.39 is 0 Å². The molecule has 0 unspecified atom stereocenters. The first-order chi connectivity index (χ1) is 13.8. The van der Waals surface area contributed by atoms with Crippen LogP contribution in [-0.2, 0) is 12.8 Å². The van der Waals surface area contributed by atoms with Crippen LogP contribution >= 0.6 is 0 Å². The molecule has 0 fully saturated rings. The first kappa shape index (κ1) is 15.7. The molecule has 5 heteroatoms. The first-order valence-electron chi connectivity index (χ1n) is 9.62. The molecule has 0 spiro atoms. The Hall–Kier alpha value is -3.34. The largest absolute Gasteiger partial charge is 0.454 e. The lowest BCUT2D eigenvalue weighted by atomic mass is 9.90. The molecule has 138 valence electrons. The summed E-state index contributed by atoms with van der Waals surface area (Å²) in [5.74, 6) is 1.76. The Morgan fingerprint density at radius 3 is 2.89 bits per heavy atom. The zero-order valence-corrected chi connectivity index (χ0v) is 15.2. The third kappa shape index (κ3) is 2.26. The maximum absolute atomic E-state index is 12.8. The molecule has 0 radical (unpaired) electrons. The van der Waals surface area contributed by atoms with Gasteiger partial charge in [-0.1, -0.05) is 24.3 Å². The highest BCUT2D eigenvalue weighted by atomic mass is 16.7. The van der Waals surface area contributed by atoms with E-state index in [1.54, 1.807) is 0 Å². The molecule has 0 atom stereocenters. The van der Waals surface area contributed by atoms with Gasteiger partial charge in [0.25, 0.3) is 0 Å². The average molecular weight is 370 g/mol. The Labute approximate surface area is 161 Å². The van der Waals surface area contributed by atoms with Crippen molar-refractivity contribution in [2.75, 3.05) is 6.79 Å². The number of fused-ring (bicyclic) bond motifs is 6. The van der Waals surface area contributed by atoms with E-state index in [4.69, 9.17) is 14.5 Å². The third-order valence-electron chi connectivity index (χ3n) is 5.71. The number of carbonyl (C=O) groups excluding carboxylic acids is 1.